The van der Waals surface area contributed by atoms with Gasteiger partial charge in [-0.3, -0.25) is 0 Å². The average Bonchev–Trinajstić information content (AvgIpc) is 2.41. The van der Waals surface area contributed by atoms with Crippen LogP contribution in [0.2, 0.25) is 5.02 Å². The van der Waals surface area contributed by atoms with E-state index in [-0.39, 0.29) is 5.02 Å². The van der Waals surface area contributed by atoms with Gasteiger partial charge >= 0.3 is 0 Å². The molecule has 1 nitrogen and oxygen atoms in total. The van der Waals surface area contributed by atoms with Crippen LogP contribution in [0.3, 0.4) is 0 Å². The normalized spacial score (nSPS) is 10.8. The SMILES string of the molecule is CC(C)Cc1ccc(CNc2ccc(F)c(Cl)c2)cc1. The maximum Gasteiger partial charge on any atom is 0.141 e. The number of hydrogen-bond acceptors (Lipinski definition) is 1. The van der Waals surface area contributed by atoms with E-state index in [1.54, 1.807) is 12.1 Å². The molecule has 20 heavy (non-hydrogen) atoms. The average molecular weight is 292 g/mol. The molecule has 2 aromatic rings. The van der Waals surface area contributed by atoms with Crippen molar-refractivity contribution in [3.63, 3.8) is 0 Å². The van der Waals surface area contributed by atoms with Crippen molar-refractivity contribution in [1.82, 2.24) is 0 Å². The van der Waals surface area contributed by atoms with Crippen LogP contribution in [0.5, 0.6) is 0 Å². The molecule has 0 unspecified atom stereocenters. The maximum absolute atomic E-state index is 13.1. The van der Waals surface area contributed by atoms with Gasteiger partial charge in [0.15, 0.2) is 0 Å². The number of rotatable bonds is 5. The molecule has 0 aliphatic heterocycles. The Balaban J connectivity index is 1.95. The minimum atomic E-state index is -0.393. The maximum atomic E-state index is 13.1. The zero-order valence-electron chi connectivity index (χ0n) is 11.8. The quantitative estimate of drug-likeness (QED) is 0.789. The lowest BCUT2D eigenvalue weighted by Crippen LogP contribution is -2.00. The summed E-state index contributed by atoms with van der Waals surface area (Å²) in [5, 5.41) is 3.38. The Kier molecular flexibility index (Phi) is 5.02. The van der Waals surface area contributed by atoms with Crippen molar-refractivity contribution >= 4 is 17.3 Å². The Bertz CT molecular complexity index is 564. The Morgan fingerprint density at radius 2 is 1.70 bits per heavy atom. The van der Waals surface area contributed by atoms with Gasteiger partial charge in [-0.2, -0.15) is 0 Å². The van der Waals surface area contributed by atoms with Crippen LogP contribution in [0.25, 0.3) is 0 Å². The lowest BCUT2D eigenvalue weighted by molar-refractivity contribution is 0.628. The van der Waals surface area contributed by atoms with Crippen LogP contribution in [-0.4, -0.2) is 0 Å². The summed E-state index contributed by atoms with van der Waals surface area (Å²) in [6.07, 6.45) is 1.10. The van der Waals surface area contributed by atoms with Gasteiger partial charge in [0.05, 0.1) is 5.02 Å². The van der Waals surface area contributed by atoms with Crippen LogP contribution in [0.15, 0.2) is 42.5 Å². The predicted molar refractivity (Wildman–Crippen MR) is 83.7 cm³/mol. The Morgan fingerprint density at radius 1 is 1.05 bits per heavy atom. The molecule has 0 heterocycles. The second-order valence-electron chi connectivity index (χ2n) is 5.40. The standard InChI is InChI=1S/C17H19ClFN/c1-12(2)9-13-3-5-14(6-4-13)11-20-15-7-8-17(19)16(18)10-15/h3-8,10,12,20H,9,11H2,1-2H3. The van der Waals surface area contributed by atoms with Crippen LogP contribution < -0.4 is 5.32 Å². The fourth-order valence-electron chi connectivity index (χ4n) is 2.07. The van der Waals surface area contributed by atoms with E-state index in [1.807, 2.05) is 0 Å². The van der Waals surface area contributed by atoms with Crippen molar-refractivity contribution in [3.05, 3.63) is 64.4 Å². The summed E-state index contributed by atoms with van der Waals surface area (Å²) in [6.45, 7) is 5.13. The summed E-state index contributed by atoms with van der Waals surface area (Å²) in [5.41, 5.74) is 3.37. The van der Waals surface area contributed by atoms with E-state index >= 15 is 0 Å². The molecule has 0 saturated carbocycles. The highest BCUT2D eigenvalue weighted by atomic mass is 35.5. The molecule has 0 atom stereocenters. The van der Waals surface area contributed by atoms with E-state index in [0.717, 1.165) is 12.1 Å². The molecule has 2 rings (SSSR count). The van der Waals surface area contributed by atoms with Crippen LogP contribution in [0.4, 0.5) is 10.1 Å². The van der Waals surface area contributed by atoms with Crippen molar-refractivity contribution in [2.24, 2.45) is 5.92 Å². The minimum Gasteiger partial charge on any atom is -0.381 e. The molecule has 0 fully saturated rings. The van der Waals surface area contributed by atoms with E-state index in [2.05, 4.69) is 43.4 Å². The highest BCUT2D eigenvalue weighted by Gasteiger charge is 2.01. The van der Waals surface area contributed by atoms with Gasteiger partial charge in [-0.25, -0.2) is 4.39 Å². The van der Waals surface area contributed by atoms with Crippen molar-refractivity contribution in [1.29, 1.82) is 0 Å². The molecule has 0 aliphatic rings. The van der Waals surface area contributed by atoms with Crippen LogP contribution >= 0.6 is 11.6 Å². The fraction of sp³-hybridized carbons (Fsp3) is 0.294. The van der Waals surface area contributed by atoms with E-state index in [4.69, 9.17) is 11.6 Å². The Hall–Kier alpha value is -1.54. The van der Waals surface area contributed by atoms with E-state index < -0.39 is 5.82 Å². The molecule has 0 aliphatic carbocycles. The number of hydrogen-bond donors (Lipinski definition) is 1. The van der Waals surface area contributed by atoms with Crippen LogP contribution in [0, 0.1) is 11.7 Å². The summed E-state index contributed by atoms with van der Waals surface area (Å²) >= 11 is 5.75. The van der Waals surface area contributed by atoms with Gasteiger partial charge in [0.1, 0.15) is 5.82 Å². The number of benzene rings is 2. The monoisotopic (exact) mass is 291 g/mol. The summed E-state index contributed by atoms with van der Waals surface area (Å²) in [4.78, 5) is 0. The van der Waals surface area contributed by atoms with Crippen molar-refractivity contribution in [2.45, 2.75) is 26.8 Å². The number of nitrogens with one attached hydrogen (secondary N) is 1. The molecular weight excluding hydrogens is 273 g/mol. The largest absolute Gasteiger partial charge is 0.381 e. The van der Waals surface area contributed by atoms with Gasteiger partial charge in [-0.05, 0) is 41.7 Å². The van der Waals surface area contributed by atoms with Crippen LogP contribution in [-0.2, 0) is 13.0 Å². The lowest BCUT2D eigenvalue weighted by Gasteiger charge is -2.09. The van der Waals surface area contributed by atoms with E-state index in [0.29, 0.717) is 12.5 Å². The molecular formula is C17H19ClFN. The summed E-state index contributed by atoms with van der Waals surface area (Å²) in [5.74, 6) is 0.274. The van der Waals surface area contributed by atoms with E-state index in [9.17, 15) is 4.39 Å². The lowest BCUT2D eigenvalue weighted by atomic mass is 10.0. The molecule has 0 saturated heterocycles. The smallest absolute Gasteiger partial charge is 0.141 e. The first-order chi connectivity index (χ1) is 9.54. The molecule has 2 aromatic carbocycles. The molecule has 0 spiro atoms. The topological polar surface area (TPSA) is 12.0 Å². The highest BCUT2D eigenvalue weighted by Crippen LogP contribution is 2.20. The zero-order chi connectivity index (χ0) is 14.5. The van der Waals surface area contributed by atoms with Gasteiger partial charge in [0, 0.05) is 12.2 Å². The third-order valence-electron chi connectivity index (χ3n) is 3.08. The molecule has 3 heteroatoms. The zero-order valence-corrected chi connectivity index (χ0v) is 12.5. The Labute approximate surface area is 124 Å². The van der Waals surface area contributed by atoms with Crippen molar-refractivity contribution in [3.8, 4) is 0 Å². The molecule has 106 valence electrons. The minimum absolute atomic E-state index is 0.141. The van der Waals surface area contributed by atoms with Gasteiger partial charge in [-0.1, -0.05) is 49.7 Å². The summed E-state index contributed by atoms with van der Waals surface area (Å²) < 4.78 is 13.1. The highest BCUT2D eigenvalue weighted by molar-refractivity contribution is 6.31. The van der Waals surface area contributed by atoms with Crippen LogP contribution in [0.1, 0.15) is 25.0 Å². The van der Waals surface area contributed by atoms with Gasteiger partial charge in [0.2, 0.25) is 0 Å². The molecule has 1 N–H and O–H groups in total. The molecule has 0 amide bonds. The number of halogens is 2. The van der Waals surface area contributed by atoms with Crippen molar-refractivity contribution in [2.75, 3.05) is 5.32 Å². The third kappa shape index (κ3) is 4.24. The number of anilines is 1. The molecule has 0 bridgehead atoms. The fourth-order valence-corrected chi connectivity index (χ4v) is 2.26. The van der Waals surface area contributed by atoms with Gasteiger partial charge in [0.25, 0.3) is 0 Å². The second kappa shape index (κ2) is 6.76. The molecule has 0 aromatic heterocycles. The summed E-state index contributed by atoms with van der Waals surface area (Å²) in [7, 11) is 0. The first-order valence-corrected chi connectivity index (χ1v) is 7.19. The van der Waals surface area contributed by atoms with Gasteiger partial charge < -0.3 is 5.32 Å². The molecule has 0 radical (unpaired) electrons. The Morgan fingerprint density at radius 3 is 2.30 bits per heavy atom. The van der Waals surface area contributed by atoms with E-state index in [1.165, 1.54) is 17.2 Å². The summed E-state index contributed by atoms with van der Waals surface area (Å²) in [6, 6.07) is 13.2. The second-order valence-corrected chi connectivity index (χ2v) is 5.80. The first-order valence-electron chi connectivity index (χ1n) is 6.81. The first kappa shape index (κ1) is 14.9. The predicted octanol–water partition coefficient (Wildman–Crippen LogP) is 5.29. The van der Waals surface area contributed by atoms with Gasteiger partial charge in [-0.15, -0.1) is 0 Å². The van der Waals surface area contributed by atoms with Crippen molar-refractivity contribution < 1.29 is 4.39 Å². The third-order valence-corrected chi connectivity index (χ3v) is 3.37.